The van der Waals surface area contributed by atoms with Crippen LogP contribution in [-0.4, -0.2) is 321 Å². The van der Waals surface area contributed by atoms with Gasteiger partial charge in [-0.15, -0.1) is 0 Å². The summed E-state index contributed by atoms with van der Waals surface area (Å²) < 4.78 is 57.4. The van der Waals surface area contributed by atoms with Gasteiger partial charge in [0.1, 0.15) is 85.2 Å². The summed E-state index contributed by atoms with van der Waals surface area (Å²) in [5, 5.41) is 118. The number of benzene rings is 1. The maximum Gasteiger partial charge on any atom is 0.408 e. The van der Waals surface area contributed by atoms with Crippen LogP contribution in [0.4, 0.5) is 4.79 Å². The number of hydrogen-bond acceptors (Lipinski definition) is 29. The van der Waals surface area contributed by atoms with Crippen LogP contribution in [0.5, 0.6) is 0 Å². The number of nitrogens with one attached hydrogen (secondary N) is 10. The number of aliphatic hydroxyl groups excluding tert-OH is 9. The SMILES string of the molecule is CC(=O)N[C@H]1[C@H](OCCCCC(=O)NCCCNC(=O)CCOCC(COCCC(=O)NCCCNC(=O)CCCCO[C@H]2O[C@H](CO)[C@H](O)[C@H](O)[C@H]2NC(C)=O)(COCCC(=O)NCCCNC(=O)CCCCO[C@H]2O[C@H](CO)[C@H](O)[C@H](O)[C@H]2NC(C)=O)NC(=O)OCc2ccccc2)O[C@H](CO)[C@H](O)[C@@H]1O. The van der Waals surface area contributed by atoms with E-state index < -0.39 is 159 Å². The Kier molecular flexibility index (Phi) is 45.8. The molecule has 0 spiro atoms. The van der Waals surface area contributed by atoms with Gasteiger partial charge in [-0.3, -0.25) is 43.2 Å². The molecule has 0 radical (unpaired) electrons. The molecule has 0 unspecified atom stereocenters. The third-order valence-electron chi connectivity index (χ3n) is 17.1. The molecule has 0 aromatic heterocycles. The average Bonchev–Trinajstić information content (AvgIpc) is 0.831. The first-order valence-electron chi connectivity index (χ1n) is 36.7. The molecule has 10 amide bonds. The molecule has 3 aliphatic heterocycles. The van der Waals surface area contributed by atoms with E-state index in [1.807, 2.05) is 0 Å². The lowest BCUT2D eigenvalue weighted by Gasteiger charge is -2.42. The third kappa shape index (κ3) is 36.7. The second-order valence-electron chi connectivity index (χ2n) is 26.3. The molecule has 0 aliphatic carbocycles. The molecular formula is C69H116N10O29. The molecule has 108 heavy (non-hydrogen) atoms. The fourth-order valence-electron chi connectivity index (χ4n) is 11.3. The number of hydrogen-bond donors (Lipinski definition) is 19. The molecule has 0 bridgehead atoms. The Labute approximate surface area is 627 Å². The van der Waals surface area contributed by atoms with Crippen molar-refractivity contribution in [3.8, 4) is 0 Å². The molecule has 15 atom stereocenters. The van der Waals surface area contributed by atoms with E-state index in [9.17, 15) is 93.9 Å². The van der Waals surface area contributed by atoms with Gasteiger partial charge in [-0.2, -0.15) is 0 Å². The molecule has 1 aromatic rings. The molecule has 39 heteroatoms. The van der Waals surface area contributed by atoms with Crippen LogP contribution in [0.2, 0.25) is 0 Å². The summed E-state index contributed by atoms with van der Waals surface area (Å²) in [6, 6.07) is 5.54. The highest BCUT2D eigenvalue weighted by Crippen LogP contribution is 2.26. The zero-order chi connectivity index (χ0) is 79.2. The predicted molar refractivity (Wildman–Crippen MR) is 376 cm³/mol. The van der Waals surface area contributed by atoms with Crippen molar-refractivity contribution < 1.29 is 141 Å². The van der Waals surface area contributed by atoms with E-state index in [1.54, 1.807) is 30.3 Å². The lowest BCUT2D eigenvalue weighted by atomic mass is 9.97. The number of ether oxygens (including phenoxy) is 10. The maximum absolute atomic E-state index is 13.6. The van der Waals surface area contributed by atoms with Gasteiger partial charge < -0.3 is 146 Å². The Balaban J connectivity index is 1.24. The molecule has 19 N–H and O–H groups in total. The number of carbonyl (C=O) groups excluding carboxylic acids is 10. The third-order valence-corrected chi connectivity index (χ3v) is 17.1. The standard InChI is InChI=1S/C69H116N10O29/c1-43(83)76-56-62(95)59(92)47(36-80)106-65(56)102-30-10-7-18-50(86)70-24-13-27-73-53(89)21-33-99-40-69(79-68(98)105-39-46-16-5-4-6-17-46,41-100-34-22-54(90)74-28-14-25-71-51(87)19-8-11-31-103-66-57(77-44(2)84)63(96)60(93)48(37-81)107-66)42-101-35-23-55(91)75-29-15-26-72-52(88)20-9-12-32-104-67-58(78-45(3)85)64(97)61(94)49(38-82)108-67/h4-6,16-17,47-49,56-67,80-82,92-97H,7-15,18-42H2,1-3H3,(H,70,86)(H,71,87)(H,72,88)(H,73,89)(H,74,90)(H,75,91)(H,76,83)(H,77,84)(H,78,85)(H,79,98)/t47-,48-,49-,56-,57-,58-,59+,60+,61+,62-,63-,64-,65-,66+,67+/m1/s1. The van der Waals surface area contributed by atoms with E-state index in [4.69, 9.17) is 47.4 Å². The Morgan fingerprint density at radius 1 is 0.380 bits per heavy atom. The number of alkyl carbamates (subject to hydrolysis) is 1. The van der Waals surface area contributed by atoms with Gasteiger partial charge in [0, 0.05) is 118 Å². The van der Waals surface area contributed by atoms with Gasteiger partial charge in [0.05, 0.1) is 59.5 Å². The average molecular weight is 1550 g/mol. The van der Waals surface area contributed by atoms with E-state index in [1.165, 1.54) is 20.8 Å². The van der Waals surface area contributed by atoms with Gasteiger partial charge >= 0.3 is 6.09 Å². The minimum Gasteiger partial charge on any atom is -0.445 e. The number of amides is 10. The van der Waals surface area contributed by atoms with Gasteiger partial charge in [-0.1, -0.05) is 30.3 Å². The number of unbranched alkanes of at least 4 members (excludes halogenated alkanes) is 3. The monoisotopic (exact) mass is 1550 g/mol. The summed E-state index contributed by atoms with van der Waals surface area (Å²) in [6.45, 7) is 1.85. The minimum atomic E-state index is -1.55. The zero-order valence-electron chi connectivity index (χ0n) is 61.8. The second kappa shape index (κ2) is 53.0. The molecule has 3 aliphatic rings. The molecule has 39 nitrogen and oxygen atoms in total. The summed E-state index contributed by atoms with van der Waals surface area (Å²) in [5.74, 6) is -3.43. The van der Waals surface area contributed by atoms with E-state index in [2.05, 4.69) is 53.2 Å². The van der Waals surface area contributed by atoms with Crippen molar-refractivity contribution in [3.05, 3.63) is 35.9 Å². The molecule has 0 saturated carbocycles. The van der Waals surface area contributed by atoms with Crippen molar-refractivity contribution >= 4 is 59.3 Å². The van der Waals surface area contributed by atoms with Crippen LogP contribution in [-0.2, 0) is 97.1 Å². The Hall–Kier alpha value is -7.00. The summed E-state index contributed by atoms with van der Waals surface area (Å²) in [5.41, 5.74) is -0.872. The largest absolute Gasteiger partial charge is 0.445 e. The number of aliphatic hydroxyl groups is 9. The second-order valence-corrected chi connectivity index (χ2v) is 26.3. The molecule has 3 saturated heterocycles. The first-order valence-corrected chi connectivity index (χ1v) is 36.7. The normalized spacial score (nSPS) is 24.1. The molecule has 3 heterocycles. The Bertz CT molecular complexity index is 2580. The molecule has 616 valence electrons. The maximum atomic E-state index is 13.6. The van der Waals surface area contributed by atoms with E-state index >= 15 is 0 Å². The summed E-state index contributed by atoms with van der Waals surface area (Å²) in [6.07, 6.45) is -13.0. The summed E-state index contributed by atoms with van der Waals surface area (Å²) in [4.78, 5) is 125. The van der Waals surface area contributed by atoms with Gasteiger partial charge in [0.2, 0.25) is 53.2 Å². The van der Waals surface area contributed by atoms with Crippen molar-refractivity contribution in [2.45, 2.75) is 221 Å². The van der Waals surface area contributed by atoms with Crippen LogP contribution in [0.3, 0.4) is 0 Å². The minimum absolute atomic E-state index is 0.0760. The molecule has 3 fully saturated rings. The van der Waals surface area contributed by atoms with Gasteiger partial charge in [-0.05, 0) is 63.4 Å². The van der Waals surface area contributed by atoms with Crippen LogP contribution in [0.25, 0.3) is 0 Å². The first-order chi connectivity index (χ1) is 51.8. The highest BCUT2D eigenvalue weighted by molar-refractivity contribution is 5.78. The van der Waals surface area contributed by atoms with Crippen molar-refractivity contribution in [2.75, 3.05) is 119 Å². The Morgan fingerprint density at radius 3 is 0.944 bits per heavy atom. The lowest BCUT2D eigenvalue weighted by molar-refractivity contribution is -0.270. The fraction of sp³-hybridized carbons (Fsp3) is 0.768. The van der Waals surface area contributed by atoms with Crippen molar-refractivity contribution in [3.63, 3.8) is 0 Å². The van der Waals surface area contributed by atoms with Crippen LogP contribution in [0.1, 0.15) is 123 Å². The van der Waals surface area contributed by atoms with Crippen molar-refractivity contribution in [1.82, 2.24) is 53.2 Å². The topological polar surface area (TPSA) is 565 Å². The van der Waals surface area contributed by atoms with Crippen LogP contribution >= 0.6 is 0 Å². The molecular weight excluding hydrogens is 1430 g/mol. The van der Waals surface area contributed by atoms with E-state index in [-0.39, 0.29) is 162 Å². The first kappa shape index (κ1) is 93.4. The predicted octanol–water partition coefficient (Wildman–Crippen LogP) is -5.87. The zero-order valence-corrected chi connectivity index (χ0v) is 61.8. The van der Waals surface area contributed by atoms with Crippen LogP contribution < -0.4 is 53.2 Å². The van der Waals surface area contributed by atoms with Crippen LogP contribution in [0.15, 0.2) is 30.3 Å². The summed E-state index contributed by atoms with van der Waals surface area (Å²) in [7, 11) is 0. The number of rotatable bonds is 54. The van der Waals surface area contributed by atoms with Gasteiger partial charge in [0.25, 0.3) is 0 Å². The highest BCUT2D eigenvalue weighted by atomic mass is 16.7. The summed E-state index contributed by atoms with van der Waals surface area (Å²) >= 11 is 0. The van der Waals surface area contributed by atoms with Crippen molar-refractivity contribution in [1.29, 1.82) is 0 Å². The van der Waals surface area contributed by atoms with Gasteiger partial charge in [-0.25, -0.2) is 4.79 Å². The van der Waals surface area contributed by atoms with E-state index in [0.717, 1.165) is 0 Å². The lowest BCUT2D eigenvalue weighted by Crippen LogP contribution is -2.64. The smallest absolute Gasteiger partial charge is 0.408 e. The highest BCUT2D eigenvalue weighted by Gasteiger charge is 2.48. The quantitative estimate of drug-likeness (QED) is 0.0270. The molecule has 1 aromatic carbocycles. The van der Waals surface area contributed by atoms with Crippen LogP contribution in [0, 0.1) is 0 Å². The Morgan fingerprint density at radius 2 is 0.667 bits per heavy atom. The van der Waals surface area contributed by atoms with Crippen molar-refractivity contribution in [2.24, 2.45) is 0 Å². The van der Waals surface area contributed by atoms with Gasteiger partial charge in [0.15, 0.2) is 18.9 Å². The fourth-order valence-corrected chi connectivity index (χ4v) is 11.3. The number of carbonyl (C=O) groups is 10. The molecule has 4 rings (SSSR count). The van der Waals surface area contributed by atoms with E-state index in [0.29, 0.717) is 63.4 Å².